The van der Waals surface area contributed by atoms with Crippen molar-refractivity contribution in [1.29, 1.82) is 0 Å². The Hall–Kier alpha value is -0.0400. The van der Waals surface area contributed by atoms with Crippen LogP contribution in [0.5, 0.6) is 0 Å². The number of nitrogens with one attached hydrogen (secondary N) is 1. The molecule has 2 aliphatic carbocycles. The van der Waals surface area contributed by atoms with Gasteiger partial charge in [0.25, 0.3) is 0 Å². The summed E-state index contributed by atoms with van der Waals surface area (Å²) in [7, 11) is 2.12. The van der Waals surface area contributed by atoms with Crippen molar-refractivity contribution in [1.82, 2.24) is 5.32 Å². The molecule has 0 saturated heterocycles. The van der Waals surface area contributed by atoms with Gasteiger partial charge in [-0.1, -0.05) is 25.7 Å². The van der Waals surface area contributed by atoms with Crippen LogP contribution in [-0.2, 0) is 0 Å². The van der Waals surface area contributed by atoms with E-state index in [1.54, 1.807) is 0 Å². The molecule has 0 amide bonds. The van der Waals surface area contributed by atoms with Gasteiger partial charge in [-0.15, -0.1) is 0 Å². The van der Waals surface area contributed by atoms with Crippen molar-refractivity contribution >= 4 is 0 Å². The van der Waals surface area contributed by atoms with Crippen LogP contribution in [0.4, 0.5) is 0 Å². The lowest BCUT2D eigenvalue weighted by Crippen LogP contribution is -2.45. The molecule has 0 spiro atoms. The predicted molar refractivity (Wildman–Crippen MR) is 47.5 cm³/mol. The second-order valence-electron chi connectivity index (χ2n) is 4.18. The van der Waals surface area contributed by atoms with Gasteiger partial charge in [0.15, 0.2) is 0 Å². The third-order valence-electron chi connectivity index (χ3n) is 3.70. The molecule has 0 radical (unpaired) electrons. The summed E-state index contributed by atoms with van der Waals surface area (Å²) < 4.78 is 0. The molecule has 2 atom stereocenters. The molecule has 1 heteroatoms. The number of rotatable bonds is 2. The van der Waals surface area contributed by atoms with Crippen molar-refractivity contribution in [3.8, 4) is 0 Å². The fourth-order valence-corrected chi connectivity index (χ4v) is 2.83. The third-order valence-corrected chi connectivity index (χ3v) is 3.70. The maximum Gasteiger partial charge on any atom is 0.00950 e. The average Bonchev–Trinajstić information content (AvgIpc) is 2.39. The van der Waals surface area contributed by atoms with Crippen molar-refractivity contribution in [3.05, 3.63) is 0 Å². The van der Waals surface area contributed by atoms with Crippen LogP contribution < -0.4 is 5.32 Å². The summed E-state index contributed by atoms with van der Waals surface area (Å²) in [5.74, 6) is 2.13. The van der Waals surface area contributed by atoms with Crippen LogP contribution in [-0.4, -0.2) is 13.1 Å². The first-order valence-corrected chi connectivity index (χ1v) is 5.09. The van der Waals surface area contributed by atoms with Crippen molar-refractivity contribution in [2.45, 2.75) is 44.6 Å². The van der Waals surface area contributed by atoms with Gasteiger partial charge in [-0.2, -0.15) is 0 Å². The van der Waals surface area contributed by atoms with Gasteiger partial charge in [-0.05, 0) is 31.7 Å². The zero-order valence-electron chi connectivity index (χ0n) is 7.47. The van der Waals surface area contributed by atoms with E-state index >= 15 is 0 Å². The van der Waals surface area contributed by atoms with Crippen molar-refractivity contribution < 1.29 is 0 Å². The maximum absolute atomic E-state index is 3.43. The van der Waals surface area contributed by atoms with Gasteiger partial charge < -0.3 is 5.32 Å². The first-order chi connectivity index (χ1) is 5.42. The van der Waals surface area contributed by atoms with Crippen LogP contribution in [0.25, 0.3) is 0 Å². The number of hydrogen-bond acceptors (Lipinski definition) is 1. The Kier molecular flexibility index (Phi) is 2.17. The smallest absolute Gasteiger partial charge is 0.00950 e. The van der Waals surface area contributed by atoms with Gasteiger partial charge in [0.05, 0.1) is 0 Å². The summed E-state index contributed by atoms with van der Waals surface area (Å²) in [6.07, 6.45) is 8.95. The van der Waals surface area contributed by atoms with Gasteiger partial charge in [0, 0.05) is 6.04 Å². The lowest BCUT2D eigenvalue weighted by atomic mass is 9.71. The molecule has 0 aromatic carbocycles. The standard InChI is InChI=1S/C10H19N/c1-11-10-7-6-9(10)8-4-2-3-5-8/h8-11H,2-7H2,1H3. The van der Waals surface area contributed by atoms with E-state index in [1.807, 2.05) is 0 Å². The molecule has 2 unspecified atom stereocenters. The Balaban J connectivity index is 1.84. The normalized spacial score (nSPS) is 39.0. The van der Waals surface area contributed by atoms with Gasteiger partial charge in [0.2, 0.25) is 0 Å². The van der Waals surface area contributed by atoms with Crippen LogP contribution >= 0.6 is 0 Å². The minimum atomic E-state index is 0.873. The van der Waals surface area contributed by atoms with E-state index in [9.17, 15) is 0 Å². The van der Waals surface area contributed by atoms with E-state index < -0.39 is 0 Å². The van der Waals surface area contributed by atoms with E-state index in [1.165, 1.54) is 38.5 Å². The maximum atomic E-state index is 3.43. The molecule has 1 nitrogen and oxygen atoms in total. The molecule has 64 valence electrons. The fraction of sp³-hybridized carbons (Fsp3) is 1.00. The summed E-state index contributed by atoms with van der Waals surface area (Å²) in [5, 5.41) is 3.43. The highest BCUT2D eigenvalue weighted by atomic mass is 14.9. The van der Waals surface area contributed by atoms with Gasteiger partial charge in [-0.3, -0.25) is 0 Å². The molecular formula is C10H19N. The lowest BCUT2D eigenvalue weighted by molar-refractivity contribution is 0.145. The molecule has 0 aromatic rings. The molecule has 2 fully saturated rings. The molecule has 2 saturated carbocycles. The molecule has 2 rings (SSSR count). The van der Waals surface area contributed by atoms with Gasteiger partial charge in [-0.25, -0.2) is 0 Å². The largest absolute Gasteiger partial charge is 0.317 e. The Labute approximate surface area is 69.6 Å². The van der Waals surface area contributed by atoms with E-state index in [-0.39, 0.29) is 0 Å². The zero-order chi connectivity index (χ0) is 7.68. The van der Waals surface area contributed by atoms with Crippen molar-refractivity contribution in [2.24, 2.45) is 11.8 Å². The lowest BCUT2D eigenvalue weighted by Gasteiger charge is -2.40. The molecular weight excluding hydrogens is 134 g/mol. The second-order valence-corrected chi connectivity index (χ2v) is 4.18. The summed E-state index contributed by atoms with van der Waals surface area (Å²) in [4.78, 5) is 0. The summed E-state index contributed by atoms with van der Waals surface area (Å²) in [5.41, 5.74) is 0. The Morgan fingerprint density at radius 1 is 1.00 bits per heavy atom. The van der Waals surface area contributed by atoms with E-state index in [4.69, 9.17) is 0 Å². The van der Waals surface area contributed by atoms with Crippen LogP contribution in [0.3, 0.4) is 0 Å². The Morgan fingerprint density at radius 2 is 1.73 bits per heavy atom. The highest BCUT2D eigenvalue weighted by Crippen LogP contribution is 2.41. The molecule has 0 heterocycles. The molecule has 11 heavy (non-hydrogen) atoms. The minimum Gasteiger partial charge on any atom is -0.317 e. The highest BCUT2D eigenvalue weighted by Gasteiger charge is 2.36. The van der Waals surface area contributed by atoms with E-state index in [0.717, 1.165) is 17.9 Å². The molecule has 0 aromatic heterocycles. The topological polar surface area (TPSA) is 12.0 Å². The van der Waals surface area contributed by atoms with Gasteiger partial charge >= 0.3 is 0 Å². The third kappa shape index (κ3) is 1.31. The van der Waals surface area contributed by atoms with Crippen LogP contribution in [0, 0.1) is 11.8 Å². The van der Waals surface area contributed by atoms with Gasteiger partial charge in [0.1, 0.15) is 0 Å². The SMILES string of the molecule is CNC1CCC1C1CCCC1. The minimum absolute atomic E-state index is 0.873. The zero-order valence-corrected chi connectivity index (χ0v) is 7.47. The van der Waals surface area contributed by atoms with Crippen LogP contribution in [0.2, 0.25) is 0 Å². The Bertz CT molecular complexity index is 125. The average molecular weight is 153 g/mol. The van der Waals surface area contributed by atoms with Crippen LogP contribution in [0.15, 0.2) is 0 Å². The fourth-order valence-electron chi connectivity index (χ4n) is 2.83. The van der Waals surface area contributed by atoms with Crippen molar-refractivity contribution in [2.75, 3.05) is 7.05 Å². The first-order valence-electron chi connectivity index (χ1n) is 5.09. The quantitative estimate of drug-likeness (QED) is 0.641. The second kappa shape index (κ2) is 3.14. The van der Waals surface area contributed by atoms with E-state index in [0.29, 0.717) is 0 Å². The molecule has 0 aliphatic heterocycles. The van der Waals surface area contributed by atoms with E-state index in [2.05, 4.69) is 12.4 Å². The molecule has 2 aliphatic rings. The van der Waals surface area contributed by atoms with Crippen LogP contribution in [0.1, 0.15) is 38.5 Å². The summed E-state index contributed by atoms with van der Waals surface area (Å²) in [6, 6.07) is 0.873. The monoisotopic (exact) mass is 153 g/mol. The summed E-state index contributed by atoms with van der Waals surface area (Å²) in [6.45, 7) is 0. The first kappa shape index (κ1) is 7.60. The predicted octanol–water partition coefficient (Wildman–Crippen LogP) is 2.17. The Morgan fingerprint density at radius 3 is 2.18 bits per heavy atom. The molecule has 0 bridgehead atoms. The summed E-state index contributed by atoms with van der Waals surface area (Å²) >= 11 is 0. The molecule has 1 N–H and O–H groups in total. The highest BCUT2D eigenvalue weighted by molar-refractivity contribution is 4.91. The van der Waals surface area contributed by atoms with Crippen molar-refractivity contribution in [3.63, 3.8) is 0 Å². The number of hydrogen-bond donors (Lipinski definition) is 1.